The first-order chi connectivity index (χ1) is 9.36. The molecular formula is C14H17F3N2O. The van der Waals surface area contributed by atoms with Gasteiger partial charge in [0, 0.05) is 19.6 Å². The summed E-state index contributed by atoms with van der Waals surface area (Å²) in [7, 11) is 1.65. The van der Waals surface area contributed by atoms with Crippen molar-refractivity contribution in [3.63, 3.8) is 0 Å². The summed E-state index contributed by atoms with van der Waals surface area (Å²) in [5.74, 6) is -0.0585. The van der Waals surface area contributed by atoms with Gasteiger partial charge in [0.2, 0.25) is 5.91 Å². The molecule has 0 spiro atoms. The number of alkyl halides is 3. The first-order valence-corrected chi connectivity index (χ1v) is 6.50. The Bertz CT molecular complexity index is 466. The SMILES string of the molecule is CN(Cc1ccc(C(F)(F)F)cc1)C(=O)CNC1CC1. The molecule has 1 fully saturated rings. The molecule has 1 N–H and O–H groups in total. The topological polar surface area (TPSA) is 32.3 Å². The molecule has 2 rings (SSSR count). The van der Waals surface area contributed by atoms with Crippen molar-refractivity contribution in [1.82, 2.24) is 10.2 Å². The van der Waals surface area contributed by atoms with Gasteiger partial charge in [-0.15, -0.1) is 0 Å². The van der Waals surface area contributed by atoms with Crippen LogP contribution in [0, 0.1) is 0 Å². The molecule has 1 aromatic rings. The van der Waals surface area contributed by atoms with Gasteiger partial charge in [-0.2, -0.15) is 13.2 Å². The summed E-state index contributed by atoms with van der Waals surface area (Å²) in [6.45, 7) is 0.588. The summed E-state index contributed by atoms with van der Waals surface area (Å²) in [6.07, 6.45) is -2.11. The van der Waals surface area contributed by atoms with Crippen molar-refractivity contribution in [2.24, 2.45) is 0 Å². The number of benzene rings is 1. The Morgan fingerprint density at radius 3 is 2.40 bits per heavy atom. The molecule has 0 saturated heterocycles. The van der Waals surface area contributed by atoms with E-state index in [2.05, 4.69) is 5.32 Å². The van der Waals surface area contributed by atoms with Gasteiger partial charge < -0.3 is 10.2 Å². The van der Waals surface area contributed by atoms with E-state index < -0.39 is 11.7 Å². The van der Waals surface area contributed by atoms with Crippen molar-refractivity contribution in [1.29, 1.82) is 0 Å². The molecule has 0 heterocycles. The molecule has 110 valence electrons. The molecule has 0 radical (unpaired) electrons. The minimum Gasteiger partial charge on any atom is -0.340 e. The minimum absolute atomic E-state index is 0.0585. The number of hydrogen-bond donors (Lipinski definition) is 1. The van der Waals surface area contributed by atoms with E-state index in [0.717, 1.165) is 25.0 Å². The Balaban J connectivity index is 1.86. The highest BCUT2D eigenvalue weighted by Crippen LogP contribution is 2.29. The van der Waals surface area contributed by atoms with Crippen molar-refractivity contribution < 1.29 is 18.0 Å². The zero-order chi connectivity index (χ0) is 14.8. The van der Waals surface area contributed by atoms with E-state index in [0.29, 0.717) is 18.2 Å². The third kappa shape index (κ3) is 4.23. The molecule has 1 aliphatic rings. The van der Waals surface area contributed by atoms with Gasteiger partial charge in [-0.3, -0.25) is 4.79 Å². The maximum atomic E-state index is 12.4. The average molecular weight is 286 g/mol. The second-order valence-electron chi connectivity index (χ2n) is 5.10. The number of halogens is 3. The predicted molar refractivity (Wildman–Crippen MR) is 68.9 cm³/mol. The van der Waals surface area contributed by atoms with Crippen molar-refractivity contribution in [2.75, 3.05) is 13.6 Å². The fraction of sp³-hybridized carbons (Fsp3) is 0.500. The van der Waals surface area contributed by atoms with Crippen LogP contribution in [0.5, 0.6) is 0 Å². The lowest BCUT2D eigenvalue weighted by atomic mass is 10.1. The fourth-order valence-corrected chi connectivity index (χ4v) is 1.82. The number of carbonyl (C=O) groups is 1. The largest absolute Gasteiger partial charge is 0.416 e. The maximum absolute atomic E-state index is 12.4. The fourth-order valence-electron chi connectivity index (χ4n) is 1.82. The van der Waals surface area contributed by atoms with Gasteiger partial charge in [-0.1, -0.05) is 12.1 Å². The Kier molecular flexibility index (Phi) is 4.32. The average Bonchev–Trinajstić information content (AvgIpc) is 3.19. The summed E-state index contributed by atoms with van der Waals surface area (Å²) in [5, 5.41) is 3.11. The zero-order valence-electron chi connectivity index (χ0n) is 11.2. The smallest absolute Gasteiger partial charge is 0.340 e. The molecule has 3 nitrogen and oxygen atoms in total. The lowest BCUT2D eigenvalue weighted by molar-refractivity contribution is -0.137. The molecular weight excluding hydrogens is 269 g/mol. The van der Waals surface area contributed by atoms with E-state index in [-0.39, 0.29) is 12.5 Å². The highest BCUT2D eigenvalue weighted by atomic mass is 19.4. The van der Waals surface area contributed by atoms with Crippen LogP contribution >= 0.6 is 0 Å². The van der Waals surface area contributed by atoms with E-state index in [4.69, 9.17) is 0 Å². The normalized spacial score (nSPS) is 15.2. The van der Waals surface area contributed by atoms with E-state index in [1.165, 1.54) is 17.0 Å². The highest BCUT2D eigenvalue weighted by Gasteiger charge is 2.30. The van der Waals surface area contributed by atoms with Gasteiger partial charge in [0.15, 0.2) is 0 Å². The Hall–Kier alpha value is -1.56. The molecule has 1 amide bonds. The Labute approximate surface area is 115 Å². The van der Waals surface area contributed by atoms with Crippen molar-refractivity contribution in [3.05, 3.63) is 35.4 Å². The minimum atomic E-state index is -4.32. The van der Waals surface area contributed by atoms with Gasteiger partial charge in [-0.25, -0.2) is 0 Å². The third-order valence-corrected chi connectivity index (χ3v) is 3.25. The molecule has 6 heteroatoms. The monoisotopic (exact) mass is 286 g/mol. The van der Waals surface area contributed by atoms with Crippen LogP contribution in [-0.4, -0.2) is 30.4 Å². The van der Waals surface area contributed by atoms with Crippen LogP contribution in [0.4, 0.5) is 13.2 Å². The van der Waals surface area contributed by atoms with Crippen LogP contribution in [0.25, 0.3) is 0 Å². The van der Waals surface area contributed by atoms with E-state index in [9.17, 15) is 18.0 Å². The van der Waals surface area contributed by atoms with Gasteiger partial charge in [0.25, 0.3) is 0 Å². The van der Waals surface area contributed by atoms with Crippen LogP contribution in [0.1, 0.15) is 24.0 Å². The van der Waals surface area contributed by atoms with Crippen LogP contribution < -0.4 is 5.32 Å². The summed E-state index contributed by atoms with van der Waals surface area (Å²) >= 11 is 0. The standard InChI is InChI=1S/C14H17F3N2O/c1-19(13(20)8-18-12-6-7-12)9-10-2-4-11(5-3-10)14(15,16)17/h2-5,12,18H,6-9H2,1H3. The lowest BCUT2D eigenvalue weighted by Gasteiger charge is -2.18. The zero-order valence-corrected chi connectivity index (χ0v) is 11.2. The number of rotatable bonds is 5. The molecule has 0 bridgehead atoms. The maximum Gasteiger partial charge on any atom is 0.416 e. The summed E-state index contributed by atoms with van der Waals surface area (Å²) in [6, 6.07) is 5.34. The Morgan fingerprint density at radius 1 is 1.30 bits per heavy atom. The quantitative estimate of drug-likeness (QED) is 0.901. The van der Waals surface area contributed by atoms with Crippen molar-refractivity contribution in [2.45, 2.75) is 31.6 Å². The molecule has 1 saturated carbocycles. The second-order valence-corrected chi connectivity index (χ2v) is 5.10. The second kappa shape index (κ2) is 5.83. The number of carbonyl (C=O) groups excluding carboxylic acids is 1. The third-order valence-electron chi connectivity index (χ3n) is 3.25. The van der Waals surface area contributed by atoms with Crippen molar-refractivity contribution in [3.8, 4) is 0 Å². The Morgan fingerprint density at radius 2 is 1.90 bits per heavy atom. The van der Waals surface area contributed by atoms with Crippen LogP contribution in [0.3, 0.4) is 0 Å². The predicted octanol–water partition coefficient (Wildman–Crippen LogP) is 2.42. The van der Waals surface area contributed by atoms with Crippen LogP contribution in [0.2, 0.25) is 0 Å². The lowest BCUT2D eigenvalue weighted by Crippen LogP contribution is -2.35. The molecule has 0 unspecified atom stereocenters. The summed E-state index contributed by atoms with van der Waals surface area (Å²) < 4.78 is 37.3. The number of likely N-dealkylation sites (N-methyl/N-ethyl adjacent to an activating group) is 1. The highest BCUT2D eigenvalue weighted by molar-refractivity contribution is 5.78. The molecule has 0 aromatic heterocycles. The van der Waals surface area contributed by atoms with Crippen molar-refractivity contribution >= 4 is 5.91 Å². The van der Waals surface area contributed by atoms with Crippen LogP contribution in [-0.2, 0) is 17.5 Å². The first-order valence-electron chi connectivity index (χ1n) is 6.50. The van der Waals surface area contributed by atoms with Gasteiger partial charge in [0.1, 0.15) is 0 Å². The molecule has 1 aromatic carbocycles. The summed E-state index contributed by atoms with van der Waals surface area (Å²) in [5.41, 5.74) is 0.00546. The van der Waals surface area contributed by atoms with Gasteiger partial charge in [0.05, 0.1) is 12.1 Å². The molecule has 1 aliphatic carbocycles. The molecule has 0 atom stereocenters. The van der Waals surface area contributed by atoms with Crippen LogP contribution in [0.15, 0.2) is 24.3 Å². The first kappa shape index (κ1) is 14.8. The number of amides is 1. The number of nitrogens with one attached hydrogen (secondary N) is 1. The van der Waals surface area contributed by atoms with E-state index in [1.807, 2.05) is 0 Å². The van der Waals surface area contributed by atoms with Gasteiger partial charge in [-0.05, 0) is 30.5 Å². The molecule has 0 aliphatic heterocycles. The number of hydrogen-bond acceptors (Lipinski definition) is 2. The van der Waals surface area contributed by atoms with Gasteiger partial charge >= 0.3 is 6.18 Å². The van der Waals surface area contributed by atoms with E-state index in [1.54, 1.807) is 7.05 Å². The summed E-state index contributed by atoms with van der Waals surface area (Å²) in [4.78, 5) is 13.3. The molecule has 20 heavy (non-hydrogen) atoms. The number of nitrogens with zero attached hydrogens (tertiary/aromatic N) is 1. The van der Waals surface area contributed by atoms with E-state index >= 15 is 0 Å².